The topological polar surface area (TPSA) is 15.3 Å². The molecule has 0 amide bonds. The molecule has 0 aliphatic carbocycles. The van der Waals surface area contributed by atoms with Gasteiger partial charge in [0.15, 0.2) is 0 Å². The van der Waals surface area contributed by atoms with E-state index in [1.807, 2.05) is 11.8 Å². The van der Waals surface area contributed by atoms with E-state index >= 15 is 0 Å². The average Bonchev–Trinajstić information content (AvgIpc) is 2.59. The largest absolute Gasteiger partial charge is 0.310 e. The third-order valence-corrected chi connectivity index (χ3v) is 3.61. The zero-order chi connectivity index (χ0) is 11.1. The van der Waals surface area contributed by atoms with Crippen molar-refractivity contribution in [3.63, 3.8) is 0 Å². The molecule has 0 aromatic carbocycles. The van der Waals surface area contributed by atoms with Crippen LogP contribution < -0.4 is 5.32 Å². The van der Waals surface area contributed by atoms with Gasteiger partial charge >= 0.3 is 0 Å². The summed E-state index contributed by atoms with van der Waals surface area (Å²) >= 11 is 1.96. The molecule has 1 heterocycles. The summed E-state index contributed by atoms with van der Waals surface area (Å²) in [7, 11) is 0. The van der Waals surface area contributed by atoms with Crippen molar-refractivity contribution < 1.29 is 0 Å². The Morgan fingerprint density at radius 1 is 1.40 bits per heavy atom. The zero-order valence-corrected chi connectivity index (χ0v) is 11.3. The minimum Gasteiger partial charge on any atom is -0.310 e. The van der Waals surface area contributed by atoms with E-state index in [4.69, 9.17) is 0 Å². The Balaban J connectivity index is 2.03. The van der Waals surface area contributed by atoms with Crippen LogP contribution in [0.2, 0.25) is 0 Å². The molecule has 90 valence electrons. The van der Waals surface area contributed by atoms with Crippen LogP contribution in [0.4, 0.5) is 0 Å². The van der Waals surface area contributed by atoms with E-state index in [2.05, 4.69) is 30.3 Å². The number of thioether (sulfide) groups is 1. The molecule has 3 heteroatoms. The molecule has 0 bridgehead atoms. The smallest absolute Gasteiger partial charge is 0.0209 e. The molecule has 0 radical (unpaired) electrons. The molecule has 1 aliphatic heterocycles. The minimum atomic E-state index is 0.631. The first-order chi connectivity index (χ1) is 7.22. The fraction of sp³-hybridized carbons (Fsp3) is 1.00. The summed E-state index contributed by atoms with van der Waals surface area (Å²) in [6, 6.07) is 1.37. The minimum absolute atomic E-state index is 0.631. The summed E-state index contributed by atoms with van der Waals surface area (Å²) in [5.41, 5.74) is 0. The monoisotopic (exact) mass is 230 g/mol. The second kappa shape index (κ2) is 7.53. The molecular formula is C12H26N2S. The van der Waals surface area contributed by atoms with Crippen LogP contribution in [0.25, 0.3) is 0 Å². The lowest BCUT2D eigenvalue weighted by Gasteiger charge is -2.18. The Morgan fingerprint density at radius 2 is 2.20 bits per heavy atom. The van der Waals surface area contributed by atoms with Crippen molar-refractivity contribution in [3.8, 4) is 0 Å². The summed E-state index contributed by atoms with van der Waals surface area (Å²) in [5, 5.41) is 3.63. The second-order valence-corrected chi connectivity index (χ2v) is 5.79. The van der Waals surface area contributed by atoms with Gasteiger partial charge in [-0.05, 0) is 44.4 Å². The van der Waals surface area contributed by atoms with Crippen LogP contribution in [0.5, 0.6) is 0 Å². The maximum absolute atomic E-state index is 3.63. The van der Waals surface area contributed by atoms with E-state index in [0.29, 0.717) is 6.04 Å². The number of nitrogens with zero attached hydrogens (tertiary/aromatic N) is 1. The van der Waals surface area contributed by atoms with Crippen molar-refractivity contribution >= 4 is 11.8 Å². The molecule has 0 saturated carbocycles. The van der Waals surface area contributed by atoms with E-state index in [9.17, 15) is 0 Å². The third-order valence-electron chi connectivity index (χ3n) is 2.91. The number of rotatable bonds is 7. The third kappa shape index (κ3) is 5.79. The molecule has 1 rings (SSSR count). The molecule has 1 saturated heterocycles. The lowest BCUT2D eigenvalue weighted by molar-refractivity contribution is 0.319. The van der Waals surface area contributed by atoms with Crippen molar-refractivity contribution in [2.75, 3.05) is 31.6 Å². The van der Waals surface area contributed by atoms with Crippen LogP contribution in [0.1, 0.15) is 33.1 Å². The van der Waals surface area contributed by atoms with E-state index in [1.165, 1.54) is 44.6 Å². The molecule has 15 heavy (non-hydrogen) atoms. The van der Waals surface area contributed by atoms with Gasteiger partial charge < -0.3 is 10.2 Å². The Kier molecular flexibility index (Phi) is 6.69. The normalized spacial score (nSPS) is 22.8. The van der Waals surface area contributed by atoms with E-state index in [1.54, 1.807) is 0 Å². The van der Waals surface area contributed by atoms with Crippen LogP contribution in [-0.2, 0) is 0 Å². The Hall–Kier alpha value is 0.270. The quantitative estimate of drug-likeness (QED) is 0.675. The van der Waals surface area contributed by atoms with Crippen molar-refractivity contribution in [2.24, 2.45) is 0 Å². The molecule has 1 N–H and O–H groups in total. The van der Waals surface area contributed by atoms with Gasteiger partial charge in [-0.25, -0.2) is 0 Å². The van der Waals surface area contributed by atoms with Gasteiger partial charge in [-0.2, -0.15) is 11.8 Å². The molecule has 0 aromatic heterocycles. The van der Waals surface area contributed by atoms with Crippen LogP contribution in [0.3, 0.4) is 0 Å². The first-order valence-corrected chi connectivity index (χ1v) is 7.59. The molecule has 1 aliphatic rings. The van der Waals surface area contributed by atoms with Gasteiger partial charge in [0.1, 0.15) is 0 Å². The van der Waals surface area contributed by atoms with Gasteiger partial charge in [0.05, 0.1) is 0 Å². The van der Waals surface area contributed by atoms with Crippen LogP contribution in [-0.4, -0.2) is 48.6 Å². The number of nitrogens with one attached hydrogen (secondary N) is 1. The molecule has 1 fully saturated rings. The zero-order valence-electron chi connectivity index (χ0n) is 10.5. The summed E-state index contributed by atoms with van der Waals surface area (Å²) in [6.07, 6.45) is 6.27. The Labute approximate surface area is 99.2 Å². The van der Waals surface area contributed by atoms with Crippen LogP contribution in [0, 0.1) is 0 Å². The molecule has 1 atom stereocenters. The van der Waals surface area contributed by atoms with E-state index < -0.39 is 0 Å². The highest BCUT2D eigenvalue weighted by molar-refractivity contribution is 7.98. The highest BCUT2D eigenvalue weighted by atomic mass is 32.2. The summed E-state index contributed by atoms with van der Waals surface area (Å²) in [4.78, 5) is 2.61. The van der Waals surface area contributed by atoms with Gasteiger partial charge in [0, 0.05) is 18.6 Å². The number of unbranched alkanes of at least 4 members (excludes halogenated alkanes) is 1. The lowest BCUT2D eigenvalue weighted by Crippen LogP contribution is -2.37. The fourth-order valence-corrected chi connectivity index (χ4v) is 2.72. The first-order valence-electron chi connectivity index (χ1n) is 6.19. The highest BCUT2D eigenvalue weighted by Gasteiger charge is 2.21. The lowest BCUT2D eigenvalue weighted by atomic mass is 10.2. The van der Waals surface area contributed by atoms with Gasteiger partial charge in [-0.1, -0.05) is 13.8 Å². The Bertz CT molecular complexity index is 162. The van der Waals surface area contributed by atoms with Crippen molar-refractivity contribution in [2.45, 2.75) is 45.2 Å². The maximum Gasteiger partial charge on any atom is 0.0209 e. The van der Waals surface area contributed by atoms with Gasteiger partial charge in [0.25, 0.3) is 0 Å². The summed E-state index contributed by atoms with van der Waals surface area (Å²) in [6.45, 7) is 8.33. The van der Waals surface area contributed by atoms with Crippen LogP contribution in [0.15, 0.2) is 0 Å². The number of likely N-dealkylation sites (tertiary alicyclic amines) is 1. The second-order valence-electron chi connectivity index (χ2n) is 4.81. The molecule has 0 spiro atoms. The first kappa shape index (κ1) is 13.3. The highest BCUT2D eigenvalue weighted by Crippen LogP contribution is 2.11. The summed E-state index contributed by atoms with van der Waals surface area (Å²) in [5.74, 6) is 1.32. The Morgan fingerprint density at radius 3 is 2.87 bits per heavy atom. The van der Waals surface area contributed by atoms with Gasteiger partial charge in [-0.3, -0.25) is 0 Å². The van der Waals surface area contributed by atoms with Gasteiger partial charge in [0.2, 0.25) is 0 Å². The molecule has 0 aromatic rings. The van der Waals surface area contributed by atoms with Gasteiger partial charge in [-0.15, -0.1) is 0 Å². The SMILES string of the molecule is CSCCCCN1CCC(NC(C)C)C1. The average molecular weight is 230 g/mol. The van der Waals surface area contributed by atoms with Crippen molar-refractivity contribution in [3.05, 3.63) is 0 Å². The molecule has 2 nitrogen and oxygen atoms in total. The van der Waals surface area contributed by atoms with Crippen LogP contribution >= 0.6 is 11.8 Å². The molecule has 1 unspecified atom stereocenters. The predicted molar refractivity (Wildman–Crippen MR) is 70.7 cm³/mol. The number of hydrogen-bond acceptors (Lipinski definition) is 3. The van der Waals surface area contributed by atoms with Crippen molar-refractivity contribution in [1.29, 1.82) is 0 Å². The van der Waals surface area contributed by atoms with E-state index in [-0.39, 0.29) is 0 Å². The predicted octanol–water partition coefficient (Wildman–Crippen LogP) is 2.20. The van der Waals surface area contributed by atoms with E-state index in [0.717, 1.165) is 6.04 Å². The summed E-state index contributed by atoms with van der Waals surface area (Å²) < 4.78 is 0. The van der Waals surface area contributed by atoms with Crippen molar-refractivity contribution in [1.82, 2.24) is 10.2 Å². The number of hydrogen-bond donors (Lipinski definition) is 1. The molecular weight excluding hydrogens is 204 g/mol. The fourth-order valence-electron chi connectivity index (χ4n) is 2.23. The standard InChI is InChI=1S/C12H26N2S/c1-11(2)13-12-6-8-14(10-12)7-4-5-9-15-3/h11-13H,4-10H2,1-3H3. The maximum atomic E-state index is 3.63.